The Kier molecular flexibility index (Phi) is 4.48. The normalized spacial score (nSPS) is 11.3. The van der Waals surface area contributed by atoms with Gasteiger partial charge in [-0.2, -0.15) is 0 Å². The zero-order valence-corrected chi connectivity index (χ0v) is 12.8. The standard InChI is InChI=1S/C14H17Cl2N3/c1-4-12-18-13-10(5-9(15)6-11(13)16)14(19-12)17-7-8(2)3/h5-6,8H,4,7H2,1-3H3,(H,17,18,19). The van der Waals surface area contributed by atoms with Crippen molar-refractivity contribution in [1.82, 2.24) is 9.97 Å². The van der Waals surface area contributed by atoms with Crippen molar-refractivity contribution in [3.05, 3.63) is 28.0 Å². The van der Waals surface area contributed by atoms with Crippen molar-refractivity contribution in [1.29, 1.82) is 0 Å². The number of nitrogens with one attached hydrogen (secondary N) is 1. The highest BCUT2D eigenvalue weighted by molar-refractivity contribution is 6.38. The van der Waals surface area contributed by atoms with Gasteiger partial charge in [-0.05, 0) is 18.1 Å². The van der Waals surface area contributed by atoms with Crippen molar-refractivity contribution in [3.63, 3.8) is 0 Å². The van der Waals surface area contributed by atoms with Crippen LogP contribution in [0.2, 0.25) is 10.0 Å². The molecule has 1 heterocycles. The molecule has 0 saturated heterocycles. The first-order valence-corrected chi connectivity index (χ1v) is 7.16. The maximum Gasteiger partial charge on any atom is 0.137 e. The predicted molar refractivity (Wildman–Crippen MR) is 82.3 cm³/mol. The maximum atomic E-state index is 6.22. The molecule has 0 aliphatic heterocycles. The highest BCUT2D eigenvalue weighted by atomic mass is 35.5. The summed E-state index contributed by atoms with van der Waals surface area (Å²) < 4.78 is 0. The number of hydrogen-bond donors (Lipinski definition) is 1. The lowest BCUT2D eigenvalue weighted by atomic mass is 10.2. The number of halogens is 2. The maximum absolute atomic E-state index is 6.22. The van der Waals surface area contributed by atoms with Crippen LogP contribution in [0.15, 0.2) is 12.1 Å². The molecule has 0 radical (unpaired) electrons. The van der Waals surface area contributed by atoms with E-state index in [9.17, 15) is 0 Å². The van der Waals surface area contributed by atoms with E-state index in [4.69, 9.17) is 23.2 Å². The Morgan fingerprint density at radius 3 is 2.58 bits per heavy atom. The van der Waals surface area contributed by atoms with Gasteiger partial charge in [0.1, 0.15) is 11.6 Å². The minimum Gasteiger partial charge on any atom is -0.369 e. The molecule has 0 aliphatic carbocycles. The van der Waals surface area contributed by atoms with Gasteiger partial charge in [0.25, 0.3) is 0 Å². The van der Waals surface area contributed by atoms with Gasteiger partial charge in [0.15, 0.2) is 0 Å². The molecule has 0 spiro atoms. The summed E-state index contributed by atoms with van der Waals surface area (Å²) in [7, 11) is 0. The van der Waals surface area contributed by atoms with Crippen LogP contribution in [0.25, 0.3) is 10.9 Å². The third-order valence-electron chi connectivity index (χ3n) is 2.76. The van der Waals surface area contributed by atoms with E-state index in [1.165, 1.54) is 0 Å². The van der Waals surface area contributed by atoms with Crippen molar-refractivity contribution in [2.24, 2.45) is 5.92 Å². The van der Waals surface area contributed by atoms with Crippen LogP contribution < -0.4 is 5.32 Å². The Morgan fingerprint density at radius 2 is 1.95 bits per heavy atom. The highest BCUT2D eigenvalue weighted by Gasteiger charge is 2.11. The van der Waals surface area contributed by atoms with E-state index in [1.54, 1.807) is 6.07 Å². The molecule has 0 unspecified atom stereocenters. The van der Waals surface area contributed by atoms with Gasteiger partial charge in [-0.3, -0.25) is 0 Å². The Balaban J connectivity index is 2.58. The van der Waals surface area contributed by atoms with Gasteiger partial charge in [0.2, 0.25) is 0 Å². The first-order valence-electron chi connectivity index (χ1n) is 6.40. The van der Waals surface area contributed by atoms with Crippen molar-refractivity contribution < 1.29 is 0 Å². The number of nitrogens with zero attached hydrogens (tertiary/aromatic N) is 2. The van der Waals surface area contributed by atoms with Crippen molar-refractivity contribution in [2.45, 2.75) is 27.2 Å². The third kappa shape index (κ3) is 3.28. The summed E-state index contributed by atoms with van der Waals surface area (Å²) in [4.78, 5) is 9.01. The summed E-state index contributed by atoms with van der Waals surface area (Å²) in [6, 6.07) is 3.56. The van der Waals surface area contributed by atoms with Crippen LogP contribution in [-0.2, 0) is 6.42 Å². The average Bonchev–Trinajstić information content (AvgIpc) is 2.36. The lowest BCUT2D eigenvalue weighted by molar-refractivity contribution is 0.687. The Hall–Kier alpha value is -1.06. The molecular formula is C14H17Cl2N3. The summed E-state index contributed by atoms with van der Waals surface area (Å²) in [6.45, 7) is 7.17. The minimum atomic E-state index is 0.532. The van der Waals surface area contributed by atoms with Gasteiger partial charge in [0, 0.05) is 23.4 Å². The first-order chi connectivity index (χ1) is 9.01. The van der Waals surface area contributed by atoms with Crippen LogP contribution in [0.5, 0.6) is 0 Å². The largest absolute Gasteiger partial charge is 0.369 e. The summed E-state index contributed by atoms with van der Waals surface area (Å²) in [5.41, 5.74) is 0.754. The van der Waals surface area contributed by atoms with Crippen LogP contribution in [0.4, 0.5) is 5.82 Å². The quantitative estimate of drug-likeness (QED) is 0.898. The molecule has 1 aromatic heterocycles. The SMILES string of the molecule is CCc1nc(NCC(C)C)c2cc(Cl)cc(Cl)c2n1. The van der Waals surface area contributed by atoms with E-state index in [-0.39, 0.29) is 0 Å². The second-order valence-corrected chi connectivity index (χ2v) is 5.74. The fourth-order valence-electron chi connectivity index (χ4n) is 1.80. The van der Waals surface area contributed by atoms with Crippen LogP contribution in [-0.4, -0.2) is 16.5 Å². The zero-order chi connectivity index (χ0) is 14.0. The number of anilines is 1. The summed E-state index contributed by atoms with van der Waals surface area (Å²) in [5, 5.41) is 5.38. The molecule has 5 heteroatoms. The van der Waals surface area contributed by atoms with Gasteiger partial charge < -0.3 is 5.32 Å². The average molecular weight is 298 g/mol. The molecule has 0 atom stereocenters. The molecule has 0 amide bonds. The number of aromatic nitrogens is 2. The van der Waals surface area contributed by atoms with Crippen molar-refractivity contribution >= 4 is 39.9 Å². The molecule has 3 nitrogen and oxygen atoms in total. The van der Waals surface area contributed by atoms with Crippen LogP contribution in [0, 0.1) is 5.92 Å². The zero-order valence-electron chi connectivity index (χ0n) is 11.3. The highest BCUT2D eigenvalue weighted by Crippen LogP contribution is 2.30. The lowest BCUT2D eigenvalue weighted by Gasteiger charge is -2.13. The molecule has 102 valence electrons. The number of rotatable bonds is 4. The first kappa shape index (κ1) is 14.4. The molecule has 0 saturated carbocycles. The molecular weight excluding hydrogens is 281 g/mol. The molecule has 1 N–H and O–H groups in total. The summed E-state index contributed by atoms with van der Waals surface area (Å²) in [5.74, 6) is 2.12. The van der Waals surface area contributed by atoms with Crippen LogP contribution in [0.1, 0.15) is 26.6 Å². The molecule has 0 bridgehead atoms. The topological polar surface area (TPSA) is 37.8 Å². The van der Waals surface area contributed by atoms with Crippen LogP contribution in [0.3, 0.4) is 0 Å². The Bertz CT molecular complexity index is 597. The van der Waals surface area contributed by atoms with E-state index < -0.39 is 0 Å². The number of benzene rings is 1. The third-order valence-corrected chi connectivity index (χ3v) is 3.27. The predicted octanol–water partition coefficient (Wildman–Crippen LogP) is 4.57. The van der Waals surface area contributed by atoms with Gasteiger partial charge in [-0.15, -0.1) is 0 Å². The second kappa shape index (κ2) is 5.93. The summed E-state index contributed by atoms with van der Waals surface area (Å²) in [6.07, 6.45) is 0.769. The molecule has 0 aliphatic rings. The Labute approximate surface area is 123 Å². The van der Waals surface area contributed by atoms with Crippen molar-refractivity contribution in [3.8, 4) is 0 Å². The lowest BCUT2D eigenvalue weighted by Crippen LogP contribution is -2.11. The van der Waals surface area contributed by atoms with Crippen LogP contribution >= 0.6 is 23.2 Å². The number of fused-ring (bicyclic) bond motifs is 1. The number of aryl methyl sites for hydroxylation is 1. The molecule has 2 rings (SSSR count). The smallest absolute Gasteiger partial charge is 0.137 e. The second-order valence-electron chi connectivity index (χ2n) is 4.90. The van der Waals surface area contributed by atoms with Gasteiger partial charge in [-0.1, -0.05) is 44.0 Å². The van der Waals surface area contributed by atoms with Crippen molar-refractivity contribution in [2.75, 3.05) is 11.9 Å². The molecule has 2 aromatic rings. The Morgan fingerprint density at radius 1 is 1.21 bits per heavy atom. The van der Waals surface area contributed by atoms with E-state index in [0.717, 1.165) is 35.5 Å². The van der Waals surface area contributed by atoms with E-state index in [2.05, 4.69) is 29.1 Å². The van der Waals surface area contributed by atoms with Gasteiger partial charge in [0.05, 0.1) is 10.5 Å². The summed E-state index contributed by atoms with van der Waals surface area (Å²) >= 11 is 12.3. The van der Waals surface area contributed by atoms with Gasteiger partial charge >= 0.3 is 0 Å². The van der Waals surface area contributed by atoms with E-state index in [1.807, 2.05) is 13.0 Å². The number of hydrogen-bond acceptors (Lipinski definition) is 3. The van der Waals surface area contributed by atoms with Gasteiger partial charge in [-0.25, -0.2) is 9.97 Å². The fraction of sp³-hybridized carbons (Fsp3) is 0.429. The molecule has 19 heavy (non-hydrogen) atoms. The fourth-order valence-corrected chi connectivity index (χ4v) is 2.33. The molecule has 1 aromatic carbocycles. The van der Waals surface area contributed by atoms with E-state index in [0.29, 0.717) is 16.0 Å². The monoisotopic (exact) mass is 297 g/mol. The van der Waals surface area contributed by atoms with E-state index >= 15 is 0 Å². The minimum absolute atomic E-state index is 0.532. The molecule has 0 fully saturated rings.